The van der Waals surface area contributed by atoms with Gasteiger partial charge in [0.15, 0.2) is 0 Å². The molecule has 110 valence electrons. The van der Waals surface area contributed by atoms with Gasteiger partial charge in [-0.3, -0.25) is 4.31 Å². The molecule has 6 heteroatoms. The fourth-order valence-electron chi connectivity index (χ4n) is 2.00. The zero-order valence-electron chi connectivity index (χ0n) is 11.6. The SMILES string of the molecule is CCN(c1ccccc1)S(=O)(=O)c1ccc(NC=S)cc1. The van der Waals surface area contributed by atoms with Crippen molar-refractivity contribution in [1.82, 2.24) is 0 Å². The maximum absolute atomic E-state index is 12.7. The summed E-state index contributed by atoms with van der Waals surface area (Å²) in [5, 5.41) is 2.84. The molecule has 0 atom stereocenters. The first kappa shape index (κ1) is 15.5. The summed E-state index contributed by atoms with van der Waals surface area (Å²) in [6.45, 7) is 2.18. The molecular weight excluding hydrogens is 304 g/mol. The second-order valence-corrected chi connectivity index (χ2v) is 6.39. The Labute approximate surface area is 130 Å². The Bertz CT molecular complexity index is 698. The zero-order valence-corrected chi connectivity index (χ0v) is 13.2. The van der Waals surface area contributed by atoms with Crippen molar-refractivity contribution in [3.05, 3.63) is 54.6 Å². The summed E-state index contributed by atoms with van der Waals surface area (Å²) in [6.07, 6.45) is 0. The van der Waals surface area contributed by atoms with Crippen LogP contribution in [-0.4, -0.2) is 20.5 Å². The quantitative estimate of drug-likeness (QED) is 0.830. The second-order valence-electron chi connectivity index (χ2n) is 4.29. The molecule has 0 amide bonds. The molecule has 4 nitrogen and oxygen atoms in total. The Hall–Kier alpha value is -1.92. The standard InChI is InChI=1S/C15H16N2O2S2/c1-2-17(14-6-4-3-5-7-14)21(18,19)15-10-8-13(9-11-15)16-12-20/h3-12H,2H2,1H3,(H,16,20). The summed E-state index contributed by atoms with van der Waals surface area (Å²) in [7, 11) is -3.57. The van der Waals surface area contributed by atoms with E-state index < -0.39 is 10.0 Å². The van der Waals surface area contributed by atoms with Crippen molar-refractivity contribution >= 4 is 39.1 Å². The molecule has 0 fully saturated rings. The van der Waals surface area contributed by atoms with Crippen molar-refractivity contribution in [3.8, 4) is 0 Å². The van der Waals surface area contributed by atoms with Crippen LogP contribution in [0.5, 0.6) is 0 Å². The van der Waals surface area contributed by atoms with Gasteiger partial charge in [0.05, 0.1) is 16.1 Å². The summed E-state index contributed by atoms with van der Waals surface area (Å²) in [6, 6.07) is 15.6. The minimum absolute atomic E-state index is 0.253. The smallest absolute Gasteiger partial charge is 0.264 e. The van der Waals surface area contributed by atoms with Crippen molar-refractivity contribution < 1.29 is 8.42 Å². The van der Waals surface area contributed by atoms with Crippen LogP contribution in [0.15, 0.2) is 59.5 Å². The van der Waals surface area contributed by atoms with Gasteiger partial charge >= 0.3 is 0 Å². The van der Waals surface area contributed by atoms with E-state index in [2.05, 4.69) is 5.32 Å². The highest BCUT2D eigenvalue weighted by Crippen LogP contribution is 2.24. The van der Waals surface area contributed by atoms with E-state index in [9.17, 15) is 8.42 Å². The average molecular weight is 320 g/mol. The molecule has 0 bridgehead atoms. The maximum Gasteiger partial charge on any atom is 0.264 e. The van der Waals surface area contributed by atoms with Gasteiger partial charge in [0.1, 0.15) is 0 Å². The van der Waals surface area contributed by atoms with Crippen LogP contribution in [-0.2, 0) is 10.0 Å². The molecule has 0 aliphatic rings. The molecule has 0 saturated heterocycles. The fourth-order valence-corrected chi connectivity index (χ4v) is 3.61. The summed E-state index contributed by atoms with van der Waals surface area (Å²) >= 11 is 4.70. The van der Waals surface area contributed by atoms with Crippen molar-refractivity contribution in [3.63, 3.8) is 0 Å². The van der Waals surface area contributed by atoms with Crippen LogP contribution < -0.4 is 9.62 Å². The average Bonchev–Trinajstić information content (AvgIpc) is 2.50. The predicted molar refractivity (Wildman–Crippen MR) is 90.4 cm³/mol. The van der Waals surface area contributed by atoms with Crippen molar-refractivity contribution in [2.75, 3.05) is 16.2 Å². The molecule has 0 spiro atoms. The molecule has 0 aliphatic heterocycles. The lowest BCUT2D eigenvalue weighted by atomic mass is 10.3. The van der Waals surface area contributed by atoms with Gasteiger partial charge in [0.25, 0.3) is 10.0 Å². The van der Waals surface area contributed by atoms with E-state index in [1.807, 2.05) is 25.1 Å². The number of benzene rings is 2. The molecule has 0 unspecified atom stereocenters. The van der Waals surface area contributed by atoms with Crippen molar-refractivity contribution in [2.45, 2.75) is 11.8 Å². The Balaban J connectivity index is 2.37. The lowest BCUT2D eigenvalue weighted by Crippen LogP contribution is -2.30. The van der Waals surface area contributed by atoms with E-state index in [4.69, 9.17) is 12.2 Å². The minimum Gasteiger partial charge on any atom is -0.353 e. The van der Waals surface area contributed by atoms with Crippen molar-refractivity contribution in [1.29, 1.82) is 0 Å². The molecule has 2 aromatic rings. The number of sulfonamides is 1. The molecule has 2 aromatic carbocycles. The normalized spacial score (nSPS) is 10.9. The monoisotopic (exact) mass is 320 g/mol. The third-order valence-electron chi connectivity index (χ3n) is 3.00. The van der Waals surface area contributed by atoms with E-state index in [-0.39, 0.29) is 4.90 Å². The topological polar surface area (TPSA) is 49.4 Å². The Kier molecular flexibility index (Phi) is 4.93. The van der Waals surface area contributed by atoms with Gasteiger partial charge in [0.2, 0.25) is 0 Å². The highest BCUT2D eigenvalue weighted by molar-refractivity contribution is 7.92. The lowest BCUT2D eigenvalue weighted by molar-refractivity contribution is 0.592. The molecule has 0 saturated carbocycles. The molecule has 21 heavy (non-hydrogen) atoms. The van der Waals surface area contributed by atoms with Gasteiger partial charge in [0, 0.05) is 12.2 Å². The molecule has 0 aliphatic carbocycles. The summed E-state index contributed by atoms with van der Waals surface area (Å²) in [5.74, 6) is 0. The number of nitrogens with one attached hydrogen (secondary N) is 1. The van der Waals surface area contributed by atoms with Gasteiger partial charge in [-0.25, -0.2) is 8.42 Å². The molecule has 0 heterocycles. The Morgan fingerprint density at radius 3 is 2.24 bits per heavy atom. The molecule has 2 rings (SSSR count). The van der Waals surface area contributed by atoms with Crippen LogP contribution in [0.25, 0.3) is 0 Å². The highest BCUT2D eigenvalue weighted by atomic mass is 32.2. The third kappa shape index (κ3) is 3.40. The van der Waals surface area contributed by atoms with Gasteiger partial charge in [-0.2, -0.15) is 0 Å². The fraction of sp³-hybridized carbons (Fsp3) is 0.133. The van der Waals surface area contributed by atoms with E-state index in [0.29, 0.717) is 12.2 Å². The van der Waals surface area contributed by atoms with E-state index in [0.717, 1.165) is 5.69 Å². The number of thiocarbonyl (C=S) groups is 1. The van der Waals surface area contributed by atoms with Gasteiger partial charge in [-0.15, -0.1) is 0 Å². The van der Waals surface area contributed by atoms with Crippen LogP contribution in [0.2, 0.25) is 0 Å². The number of para-hydroxylation sites is 1. The van der Waals surface area contributed by atoms with Crippen LogP contribution in [0.3, 0.4) is 0 Å². The largest absolute Gasteiger partial charge is 0.353 e. The van der Waals surface area contributed by atoms with Crippen LogP contribution in [0.4, 0.5) is 11.4 Å². The molecule has 1 N–H and O–H groups in total. The zero-order chi connectivity index (χ0) is 15.3. The summed E-state index contributed by atoms with van der Waals surface area (Å²) < 4.78 is 26.8. The first-order valence-electron chi connectivity index (χ1n) is 6.47. The van der Waals surface area contributed by atoms with Crippen LogP contribution >= 0.6 is 12.2 Å². The number of hydrogen-bond acceptors (Lipinski definition) is 3. The van der Waals surface area contributed by atoms with E-state index in [1.54, 1.807) is 36.4 Å². The highest BCUT2D eigenvalue weighted by Gasteiger charge is 2.23. The first-order chi connectivity index (χ1) is 10.1. The summed E-state index contributed by atoms with van der Waals surface area (Å²) in [5.41, 5.74) is 2.79. The van der Waals surface area contributed by atoms with E-state index in [1.165, 1.54) is 9.80 Å². The lowest BCUT2D eigenvalue weighted by Gasteiger charge is -2.23. The van der Waals surface area contributed by atoms with Gasteiger partial charge in [-0.1, -0.05) is 30.4 Å². The minimum atomic E-state index is -3.57. The molecule has 0 radical (unpaired) electrons. The number of rotatable bonds is 6. The predicted octanol–water partition coefficient (Wildman–Crippen LogP) is 3.27. The molecular formula is C15H16N2O2S2. The third-order valence-corrected chi connectivity index (χ3v) is 5.03. The van der Waals surface area contributed by atoms with Crippen LogP contribution in [0, 0.1) is 0 Å². The van der Waals surface area contributed by atoms with E-state index >= 15 is 0 Å². The number of nitrogens with zero attached hydrogens (tertiary/aromatic N) is 1. The van der Waals surface area contributed by atoms with Gasteiger partial charge < -0.3 is 5.32 Å². The summed E-state index contributed by atoms with van der Waals surface area (Å²) in [4.78, 5) is 0.253. The van der Waals surface area contributed by atoms with Gasteiger partial charge in [-0.05, 0) is 43.3 Å². The van der Waals surface area contributed by atoms with Crippen molar-refractivity contribution in [2.24, 2.45) is 0 Å². The maximum atomic E-state index is 12.7. The second kappa shape index (κ2) is 6.69. The first-order valence-corrected chi connectivity index (χ1v) is 8.38. The molecule has 0 aromatic heterocycles. The Morgan fingerprint density at radius 2 is 1.71 bits per heavy atom. The number of anilines is 2. The van der Waals surface area contributed by atoms with Crippen LogP contribution in [0.1, 0.15) is 6.92 Å². The number of hydrogen-bond donors (Lipinski definition) is 1. The Morgan fingerprint density at radius 1 is 1.10 bits per heavy atom.